The van der Waals surface area contributed by atoms with Crippen LogP contribution in [0.1, 0.15) is 44.7 Å². The van der Waals surface area contributed by atoms with Gasteiger partial charge in [0.1, 0.15) is 0 Å². The number of likely N-dealkylation sites (tertiary alicyclic amines) is 1. The summed E-state index contributed by atoms with van der Waals surface area (Å²) in [7, 11) is 1.70. The minimum absolute atomic E-state index is 0.284. The normalized spacial score (nSPS) is 25.9. The summed E-state index contributed by atoms with van der Waals surface area (Å²) in [6.07, 6.45) is 2.72. The Morgan fingerprint density at radius 3 is 2.48 bits per heavy atom. The summed E-state index contributed by atoms with van der Waals surface area (Å²) in [5.41, 5.74) is 2.23. The van der Waals surface area contributed by atoms with Gasteiger partial charge in [0.2, 0.25) is 0 Å². The predicted molar refractivity (Wildman–Crippen MR) is 95.5 cm³/mol. The van der Waals surface area contributed by atoms with E-state index >= 15 is 0 Å². The molecule has 2 unspecified atom stereocenters. The van der Waals surface area contributed by atoms with Gasteiger partial charge in [0.05, 0.1) is 5.60 Å². The van der Waals surface area contributed by atoms with Crippen LogP contribution in [0, 0.1) is 11.8 Å². The number of hydrogen-bond donors (Lipinski definition) is 1. The second-order valence-electron chi connectivity index (χ2n) is 7.65. The van der Waals surface area contributed by atoms with E-state index < -0.39 is 5.60 Å². The van der Waals surface area contributed by atoms with Crippen LogP contribution in [0.15, 0.2) is 24.3 Å². The zero-order valence-electron chi connectivity index (χ0n) is 15.2. The Kier molecular flexibility index (Phi) is 6.63. The molecule has 0 radical (unpaired) electrons. The van der Waals surface area contributed by atoms with Crippen molar-refractivity contribution in [3.63, 3.8) is 0 Å². The third-order valence-corrected chi connectivity index (χ3v) is 5.12. The van der Waals surface area contributed by atoms with Crippen molar-refractivity contribution in [2.45, 2.75) is 52.2 Å². The van der Waals surface area contributed by atoms with Gasteiger partial charge in [-0.15, -0.1) is 0 Å². The molecule has 1 aromatic rings. The van der Waals surface area contributed by atoms with Crippen molar-refractivity contribution in [1.29, 1.82) is 0 Å². The van der Waals surface area contributed by atoms with Crippen LogP contribution in [-0.4, -0.2) is 42.4 Å². The monoisotopic (exact) mass is 319 g/mol. The van der Waals surface area contributed by atoms with E-state index in [0.29, 0.717) is 12.5 Å². The van der Waals surface area contributed by atoms with E-state index in [0.717, 1.165) is 38.9 Å². The van der Waals surface area contributed by atoms with Crippen molar-refractivity contribution >= 4 is 0 Å². The van der Waals surface area contributed by atoms with Gasteiger partial charge in [-0.25, -0.2) is 0 Å². The lowest BCUT2D eigenvalue weighted by Gasteiger charge is -2.43. The van der Waals surface area contributed by atoms with E-state index in [1.54, 1.807) is 7.11 Å². The molecule has 23 heavy (non-hydrogen) atoms. The lowest BCUT2D eigenvalue weighted by molar-refractivity contribution is -0.0827. The van der Waals surface area contributed by atoms with E-state index in [9.17, 15) is 5.11 Å². The summed E-state index contributed by atoms with van der Waals surface area (Å²) < 4.78 is 5.15. The van der Waals surface area contributed by atoms with Crippen molar-refractivity contribution in [2.24, 2.45) is 11.8 Å². The highest BCUT2D eigenvalue weighted by Gasteiger charge is 2.38. The maximum absolute atomic E-state index is 10.8. The number of ether oxygens (including phenoxy) is 1. The average molecular weight is 319 g/mol. The first-order chi connectivity index (χ1) is 10.9. The molecule has 1 aromatic carbocycles. The molecule has 0 spiro atoms. The topological polar surface area (TPSA) is 32.7 Å². The van der Waals surface area contributed by atoms with Crippen LogP contribution in [0.3, 0.4) is 0 Å². The van der Waals surface area contributed by atoms with Crippen LogP contribution >= 0.6 is 0 Å². The highest BCUT2D eigenvalue weighted by atomic mass is 16.5. The number of nitrogens with zero attached hydrogens (tertiary/aromatic N) is 1. The molecule has 130 valence electrons. The summed E-state index contributed by atoms with van der Waals surface area (Å²) in [5, 5.41) is 10.8. The first kappa shape index (κ1) is 18.4. The fourth-order valence-corrected chi connectivity index (χ4v) is 3.55. The van der Waals surface area contributed by atoms with Gasteiger partial charge in [0.25, 0.3) is 0 Å². The molecule has 1 heterocycles. The molecule has 1 N–H and O–H groups in total. The average Bonchev–Trinajstić information content (AvgIpc) is 2.51. The largest absolute Gasteiger partial charge is 0.389 e. The van der Waals surface area contributed by atoms with E-state index in [-0.39, 0.29) is 5.92 Å². The van der Waals surface area contributed by atoms with E-state index in [1.807, 2.05) is 0 Å². The number of benzene rings is 1. The van der Waals surface area contributed by atoms with Gasteiger partial charge in [0.15, 0.2) is 0 Å². The molecule has 3 nitrogen and oxygen atoms in total. The second-order valence-corrected chi connectivity index (χ2v) is 7.65. The molecular formula is C20H33NO2. The Morgan fingerprint density at radius 1 is 1.26 bits per heavy atom. The van der Waals surface area contributed by atoms with Gasteiger partial charge < -0.3 is 9.84 Å². The molecule has 1 aliphatic heterocycles. The Bertz CT molecular complexity index is 471. The minimum Gasteiger partial charge on any atom is -0.389 e. The zero-order valence-corrected chi connectivity index (χ0v) is 15.2. The molecule has 2 rings (SSSR count). The molecule has 1 saturated heterocycles. The fraction of sp³-hybridized carbons (Fsp3) is 0.700. The molecule has 0 saturated carbocycles. The van der Waals surface area contributed by atoms with Gasteiger partial charge >= 0.3 is 0 Å². The van der Waals surface area contributed by atoms with E-state index in [4.69, 9.17) is 4.74 Å². The quantitative estimate of drug-likeness (QED) is 0.835. The Morgan fingerprint density at radius 2 is 1.91 bits per heavy atom. The third-order valence-electron chi connectivity index (χ3n) is 5.12. The molecule has 3 heteroatoms. The van der Waals surface area contributed by atoms with Crippen LogP contribution < -0.4 is 0 Å². The summed E-state index contributed by atoms with van der Waals surface area (Å²) >= 11 is 0. The van der Waals surface area contributed by atoms with Gasteiger partial charge in [-0.2, -0.15) is 0 Å². The molecule has 1 fully saturated rings. The summed E-state index contributed by atoms with van der Waals surface area (Å²) in [5.74, 6) is 0.986. The van der Waals surface area contributed by atoms with Crippen LogP contribution in [0.25, 0.3) is 0 Å². The first-order valence-corrected chi connectivity index (χ1v) is 8.94. The van der Waals surface area contributed by atoms with E-state index in [2.05, 4.69) is 49.9 Å². The summed E-state index contributed by atoms with van der Waals surface area (Å²) in [6, 6.07) is 9.04. The minimum atomic E-state index is -0.562. The number of methoxy groups -OCH3 is 1. The van der Waals surface area contributed by atoms with Crippen molar-refractivity contribution in [3.05, 3.63) is 35.4 Å². The standard InChI is InChI=1S/C20H33NO2/c1-16(2)13-18-5-7-19(8-6-18)15-21-11-9-20(22,10-12-23-4)17(3)14-21/h5-8,16-17,22H,9-15H2,1-4H3. The van der Waals surface area contributed by atoms with Crippen LogP contribution in [-0.2, 0) is 17.7 Å². The van der Waals surface area contributed by atoms with Gasteiger partial charge in [-0.05, 0) is 42.2 Å². The summed E-state index contributed by atoms with van der Waals surface area (Å²) in [6.45, 7) is 10.2. The number of aliphatic hydroxyl groups is 1. The molecule has 2 atom stereocenters. The first-order valence-electron chi connectivity index (χ1n) is 8.94. The van der Waals surface area contributed by atoms with Crippen molar-refractivity contribution in [2.75, 3.05) is 26.8 Å². The predicted octanol–water partition coefficient (Wildman–Crippen LogP) is 3.49. The number of rotatable bonds is 7. The van der Waals surface area contributed by atoms with Crippen molar-refractivity contribution < 1.29 is 9.84 Å². The molecule has 1 aliphatic rings. The fourth-order valence-electron chi connectivity index (χ4n) is 3.55. The smallest absolute Gasteiger partial charge is 0.0719 e. The van der Waals surface area contributed by atoms with Crippen LogP contribution in [0.4, 0.5) is 0 Å². The molecular weight excluding hydrogens is 286 g/mol. The van der Waals surface area contributed by atoms with Crippen LogP contribution in [0.2, 0.25) is 0 Å². The van der Waals surface area contributed by atoms with Gasteiger partial charge in [-0.3, -0.25) is 4.90 Å². The Balaban J connectivity index is 1.87. The highest BCUT2D eigenvalue weighted by molar-refractivity contribution is 5.23. The Labute approximate surface area is 141 Å². The zero-order chi connectivity index (χ0) is 16.9. The summed E-state index contributed by atoms with van der Waals surface area (Å²) in [4.78, 5) is 2.46. The van der Waals surface area contributed by atoms with Crippen molar-refractivity contribution in [3.8, 4) is 0 Å². The molecule has 0 aromatic heterocycles. The molecule has 0 bridgehead atoms. The third kappa shape index (κ3) is 5.30. The Hall–Kier alpha value is -0.900. The van der Waals surface area contributed by atoms with Gasteiger partial charge in [-0.1, -0.05) is 45.0 Å². The number of piperidine rings is 1. The molecule has 0 aliphatic carbocycles. The van der Waals surface area contributed by atoms with Crippen molar-refractivity contribution in [1.82, 2.24) is 4.90 Å². The lowest BCUT2D eigenvalue weighted by Crippen LogP contribution is -2.51. The lowest BCUT2D eigenvalue weighted by atomic mass is 9.80. The van der Waals surface area contributed by atoms with Gasteiger partial charge in [0, 0.05) is 33.4 Å². The van der Waals surface area contributed by atoms with Crippen LogP contribution in [0.5, 0.6) is 0 Å². The maximum atomic E-state index is 10.8. The maximum Gasteiger partial charge on any atom is 0.0719 e. The second kappa shape index (κ2) is 8.27. The highest BCUT2D eigenvalue weighted by Crippen LogP contribution is 2.31. The van der Waals surface area contributed by atoms with E-state index in [1.165, 1.54) is 11.1 Å². The SMILES string of the molecule is COCCC1(O)CCN(Cc2ccc(CC(C)C)cc2)CC1C. The molecule has 0 amide bonds. The number of hydrogen-bond acceptors (Lipinski definition) is 3.